The summed E-state index contributed by atoms with van der Waals surface area (Å²) in [5.74, 6) is 1.17. The molecule has 1 saturated carbocycles. The van der Waals surface area contributed by atoms with Crippen molar-refractivity contribution in [3.05, 3.63) is 0 Å². The molecule has 0 bridgehead atoms. The Morgan fingerprint density at radius 2 is 2.12 bits per heavy atom. The Labute approximate surface area is 99.9 Å². The predicted octanol–water partition coefficient (Wildman–Crippen LogP) is 2.60. The van der Waals surface area contributed by atoms with Gasteiger partial charge in [-0.15, -0.1) is 0 Å². The van der Waals surface area contributed by atoms with Crippen LogP contribution in [-0.2, 0) is 0 Å². The maximum absolute atomic E-state index is 7.33. The molecule has 0 aliphatic heterocycles. The van der Waals surface area contributed by atoms with Gasteiger partial charge in [0.2, 0.25) is 0 Å². The molecule has 2 atom stereocenters. The van der Waals surface area contributed by atoms with Gasteiger partial charge in [0.25, 0.3) is 0 Å². The van der Waals surface area contributed by atoms with Crippen LogP contribution < -0.4 is 5.73 Å². The van der Waals surface area contributed by atoms with Crippen LogP contribution in [0.5, 0.6) is 0 Å². The Balaban J connectivity index is 2.51. The molecule has 0 aromatic heterocycles. The molecule has 16 heavy (non-hydrogen) atoms. The molecular formula is C13H27N3. The van der Waals surface area contributed by atoms with Crippen LogP contribution in [0.1, 0.15) is 52.9 Å². The average molecular weight is 225 g/mol. The summed E-state index contributed by atoms with van der Waals surface area (Å²) in [6.45, 7) is 7.80. The van der Waals surface area contributed by atoms with E-state index in [9.17, 15) is 0 Å². The van der Waals surface area contributed by atoms with Crippen LogP contribution in [0, 0.1) is 11.3 Å². The van der Waals surface area contributed by atoms with Gasteiger partial charge in [0.1, 0.15) is 0 Å². The fraction of sp³-hybridized carbons (Fsp3) is 0.923. The van der Waals surface area contributed by atoms with Gasteiger partial charge in [-0.25, -0.2) is 0 Å². The molecule has 0 saturated heterocycles. The number of hydrogen-bond donors (Lipinski definition) is 2. The van der Waals surface area contributed by atoms with Crippen LogP contribution in [-0.4, -0.2) is 29.4 Å². The zero-order valence-corrected chi connectivity index (χ0v) is 11.0. The minimum atomic E-state index is 0.314. The first-order valence-electron chi connectivity index (χ1n) is 6.59. The van der Waals surface area contributed by atoms with Gasteiger partial charge in [0, 0.05) is 25.0 Å². The van der Waals surface area contributed by atoms with Gasteiger partial charge in [-0.1, -0.05) is 19.8 Å². The van der Waals surface area contributed by atoms with Crippen molar-refractivity contribution < 1.29 is 0 Å². The molecule has 1 aliphatic rings. The molecule has 1 aliphatic carbocycles. The number of hydrogen-bond acceptors (Lipinski definition) is 2. The molecule has 3 heteroatoms. The summed E-state index contributed by atoms with van der Waals surface area (Å²) in [5.41, 5.74) is 5.45. The first-order valence-corrected chi connectivity index (χ1v) is 6.59. The number of nitrogens with one attached hydrogen (secondary N) is 1. The lowest BCUT2D eigenvalue weighted by Crippen LogP contribution is -2.44. The molecular weight excluding hydrogens is 198 g/mol. The highest BCUT2D eigenvalue weighted by Crippen LogP contribution is 2.28. The second-order valence-electron chi connectivity index (χ2n) is 5.53. The van der Waals surface area contributed by atoms with Crippen LogP contribution in [0.15, 0.2) is 0 Å². The van der Waals surface area contributed by atoms with E-state index in [1.54, 1.807) is 0 Å². The summed E-state index contributed by atoms with van der Waals surface area (Å²) < 4.78 is 0. The van der Waals surface area contributed by atoms with Crippen molar-refractivity contribution in [1.82, 2.24) is 4.90 Å². The highest BCUT2D eigenvalue weighted by molar-refractivity contribution is 5.76. The summed E-state index contributed by atoms with van der Waals surface area (Å²) in [4.78, 5) is 2.54. The zero-order chi connectivity index (χ0) is 12.1. The van der Waals surface area contributed by atoms with Crippen molar-refractivity contribution in [2.75, 3.05) is 6.54 Å². The summed E-state index contributed by atoms with van der Waals surface area (Å²) in [7, 11) is 0. The van der Waals surface area contributed by atoms with E-state index in [2.05, 4.69) is 25.7 Å². The van der Waals surface area contributed by atoms with E-state index in [1.807, 2.05) is 0 Å². The van der Waals surface area contributed by atoms with Crippen molar-refractivity contribution in [2.45, 2.75) is 65.0 Å². The predicted molar refractivity (Wildman–Crippen MR) is 69.8 cm³/mol. The van der Waals surface area contributed by atoms with Crippen molar-refractivity contribution in [3.8, 4) is 0 Å². The van der Waals surface area contributed by atoms with Crippen LogP contribution in [0.25, 0.3) is 0 Å². The molecule has 0 aromatic rings. The fourth-order valence-corrected chi connectivity index (χ4v) is 2.82. The van der Waals surface area contributed by atoms with Gasteiger partial charge in [-0.2, -0.15) is 0 Å². The maximum atomic E-state index is 7.33. The third kappa shape index (κ3) is 4.12. The van der Waals surface area contributed by atoms with E-state index in [0.717, 1.165) is 12.5 Å². The van der Waals surface area contributed by atoms with Gasteiger partial charge < -0.3 is 5.73 Å². The second-order valence-corrected chi connectivity index (χ2v) is 5.53. The molecule has 0 aromatic carbocycles. The number of nitrogens with zero attached hydrogens (tertiary/aromatic N) is 1. The van der Waals surface area contributed by atoms with Gasteiger partial charge in [-0.05, 0) is 32.6 Å². The lowest BCUT2D eigenvalue weighted by atomic mass is 9.85. The summed E-state index contributed by atoms with van der Waals surface area (Å²) in [6, 6.07) is 1.28. The van der Waals surface area contributed by atoms with Crippen LogP contribution in [0.3, 0.4) is 0 Å². The van der Waals surface area contributed by atoms with Crippen LogP contribution in [0.4, 0.5) is 0 Å². The fourth-order valence-electron chi connectivity index (χ4n) is 2.82. The Morgan fingerprint density at radius 3 is 2.62 bits per heavy atom. The van der Waals surface area contributed by atoms with Gasteiger partial charge >= 0.3 is 0 Å². The number of nitrogens with two attached hydrogens (primary N) is 1. The quantitative estimate of drug-likeness (QED) is 0.558. The van der Waals surface area contributed by atoms with E-state index < -0.39 is 0 Å². The SMILES string of the molecule is CC1CCCC(N(CCC(=N)N)C(C)C)C1. The summed E-state index contributed by atoms with van der Waals surface area (Å²) in [6.07, 6.45) is 6.09. The molecule has 3 N–H and O–H groups in total. The molecule has 0 heterocycles. The Hall–Kier alpha value is -0.570. The molecule has 1 fully saturated rings. The van der Waals surface area contributed by atoms with Crippen LogP contribution in [0.2, 0.25) is 0 Å². The second kappa shape index (κ2) is 6.24. The first-order chi connectivity index (χ1) is 7.50. The molecule has 1 rings (SSSR count). The molecule has 0 radical (unpaired) electrons. The molecule has 0 amide bonds. The van der Waals surface area contributed by atoms with Crippen molar-refractivity contribution >= 4 is 5.84 Å². The third-order valence-electron chi connectivity index (χ3n) is 3.68. The first kappa shape index (κ1) is 13.5. The van der Waals surface area contributed by atoms with E-state index in [1.165, 1.54) is 25.7 Å². The Kier molecular flexibility index (Phi) is 5.26. The normalized spacial score (nSPS) is 26.3. The largest absolute Gasteiger partial charge is 0.388 e. The molecule has 3 nitrogen and oxygen atoms in total. The van der Waals surface area contributed by atoms with E-state index >= 15 is 0 Å². The van der Waals surface area contributed by atoms with Gasteiger partial charge in [0.15, 0.2) is 0 Å². The Bertz CT molecular complexity index is 225. The molecule has 2 unspecified atom stereocenters. The third-order valence-corrected chi connectivity index (χ3v) is 3.68. The Morgan fingerprint density at radius 1 is 1.44 bits per heavy atom. The van der Waals surface area contributed by atoms with Crippen LogP contribution >= 0.6 is 0 Å². The van der Waals surface area contributed by atoms with Crippen molar-refractivity contribution in [3.63, 3.8) is 0 Å². The highest BCUT2D eigenvalue weighted by Gasteiger charge is 2.25. The van der Waals surface area contributed by atoms with Gasteiger partial charge in [0.05, 0.1) is 5.84 Å². The van der Waals surface area contributed by atoms with E-state index in [-0.39, 0.29) is 0 Å². The number of amidine groups is 1. The zero-order valence-electron chi connectivity index (χ0n) is 11.0. The number of rotatable bonds is 5. The van der Waals surface area contributed by atoms with E-state index in [4.69, 9.17) is 11.1 Å². The van der Waals surface area contributed by atoms with Crippen molar-refractivity contribution in [1.29, 1.82) is 5.41 Å². The lowest BCUT2D eigenvalue weighted by Gasteiger charge is -2.39. The lowest BCUT2D eigenvalue weighted by molar-refractivity contribution is 0.106. The van der Waals surface area contributed by atoms with E-state index in [0.29, 0.717) is 24.3 Å². The molecule has 94 valence electrons. The topological polar surface area (TPSA) is 53.1 Å². The minimum Gasteiger partial charge on any atom is -0.388 e. The maximum Gasteiger partial charge on any atom is 0.0918 e. The minimum absolute atomic E-state index is 0.314. The standard InChI is InChI=1S/C13H27N3/c1-10(2)16(8-7-13(14)15)12-6-4-5-11(3)9-12/h10-12H,4-9H2,1-3H3,(H3,14,15). The average Bonchev–Trinajstić information content (AvgIpc) is 2.17. The summed E-state index contributed by atoms with van der Waals surface area (Å²) in [5, 5.41) is 7.33. The monoisotopic (exact) mass is 225 g/mol. The summed E-state index contributed by atoms with van der Waals surface area (Å²) >= 11 is 0. The smallest absolute Gasteiger partial charge is 0.0918 e. The van der Waals surface area contributed by atoms with Crippen molar-refractivity contribution in [2.24, 2.45) is 11.7 Å². The highest BCUT2D eigenvalue weighted by atomic mass is 15.2. The van der Waals surface area contributed by atoms with Gasteiger partial charge in [-0.3, -0.25) is 10.3 Å². The molecule has 0 spiro atoms.